The SMILES string of the molecule is [CH2]OCc1cccc(SC(F)(F)F)c1. The van der Waals surface area contributed by atoms with Gasteiger partial charge in [0.2, 0.25) is 0 Å². The summed E-state index contributed by atoms with van der Waals surface area (Å²) < 4.78 is 40.5. The van der Waals surface area contributed by atoms with E-state index < -0.39 is 5.51 Å². The predicted octanol–water partition coefficient (Wildman–Crippen LogP) is 3.61. The smallest absolute Gasteiger partial charge is 0.374 e. The van der Waals surface area contributed by atoms with E-state index in [4.69, 9.17) is 0 Å². The molecule has 0 N–H and O–H groups in total. The molecule has 0 spiro atoms. The second-order valence-electron chi connectivity index (χ2n) is 2.54. The highest BCUT2D eigenvalue weighted by Crippen LogP contribution is 2.36. The second kappa shape index (κ2) is 4.70. The summed E-state index contributed by atoms with van der Waals surface area (Å²) in [6, 6.07) is 6.09. The highest BCUT2D eigenvalue weighted by atomic mass is 32.2. The van der Waals surface area contributed by atoms with Crippen LogP contribution in [0.4, 0.5) is 13.2 Å². The van der Waals surface area contributed by atoms with Crippen LogP contribution in [-0.2, 0) is 11.3 Å². The largest absolute Gasteiger partial charge is 0.446 e. The maximum absolute atomic E-state index is 12.0. The van der Waals surface area contributed by atoms with Gasteiger partial charge in [-0.2, -0.15) is 13.2 Å². The van der Waals surface area contributed by atoms with Gasteiger partial charge in [-0.1, -0.05) is 12.1 Å². The van der Waals surface area contributed by atoms with Crippen LogP contribution in [0.2, 0.25) is 0 Å². The van der Waals surface area contributed by atoms with Crippen LogP contribution < -0.4 is 0 Å². The molecule has 0 aliphatic heterocycles. The Balaban J connectivity index is 2.73. The number of hydrogen-bond acceptors (Lipinski definition) is 2. The minimum absolute atomic E-state index is 0.135. The van der Waals surface area contributed by atoms with Gasteiger partial charge in [0.15, 0.2) is 0 Å². The molecule has 0 aliphatic rings. The van der Waals surface area contributed by atoms with Crippen molar-refractivity contribution in [1.29, 1.82) is 0 Å². The summed E-state index contributed by atoms with van der Waals surface area (Å²) in [5, 5.41) is 0. The number of benzene rings is 1. The third-order valence-corrected chi connectivity index (χ3v) is 2.12. The third-order valence-electron chi connectivity index (χ3n) is 1.40. The second-order valence-corrected chi connectivity index (χ2v) is 3.68. The molecule has 0 aromatic heterocycles. The summed E-state index contributed by atoms with van der Waals surface area (Å²) in [6.45, 7) is 0.215. The van der Waals surface area contributed by atoms with E-state index >= 15 is 0 Å². The molecule has 0 saturated carbocycles. The molecule has 14 heavy (non-hydrogen) atoms. The Labute approximate surface area is 84.3 Å². The van der Waals surface area contributed by atoms with Crippen molar-refractivity contribution in [2.24, 2.45) is 0 Å². The number of ether oxygens (including phenoxy) is 1. The summed E-state index contributed by atoms with van der Waals surface area (Å²) in [5.41, 5.74) is -3.57. The Bertz CT molecular complexity index is 298. The van der Waals surface area contributed by atoms with Crippen molar-refractivity contribution in [3.05, 3.63) is 36.9 Å². The van der Waals surface area contributed by atoms with Gasteiger partial charge in [0.05, 0.1) is 13.7 Å². The molecule has 0 aliphatic carbocycles. The van der Waals surface area contributed by atoms with Crippen LogP contribution >= 0.6 is 11.8 Å². The van der Waals surface area contributed by atoms with Gasteiger partial charge < -0.3 is 4.74 Å². The van der Waals surface area contributed by atoms with Gasteiger partial charge in [-0.15, -0.1) is 0 Å². The lowest BCUT2D eigenvalue weighted by Gasteiger charge is -2.06. The van der Waals surface area contributed by atoms with E-state index in [0.29, 0.717) is 5.56 Å². The predicted molar refractivity (Wildman–Crippen MR) is 48.5 cm³/mol. The topological polar surface area (TPSA) is 9.23 Å². The Kier molecular flexibility index (Phi) is 3.83. The van der Waals surface area contributed by atoms with Gasteiger partial charge in [-0.05, 0) is 29.5 Å². The number of alkyl halides is 3. The molecule has 0 heterocycles. The Morgan fingerprint density at radius 2 is 2.07 bits per heavy atom. The van der Waals surface area contributed by atoms with E-state index in [1.165, 1.54) is 12.1 Å². The zero-order chi connectivity index (χ0) is 10.6. The summed E-state index contributed by atoms with van der Waals surface area (Å²) in [6.07, 6.45) is 0. The number of halogens is 3. The quantitative estimate of drug-likeness (QED) is 0.721. The van der Waals surface area contributed by atoms with Crippen LogP contribution in [-0.4, -0.2) is 5.51 Å². The molecule has 0 fully saturated rings. The van der Waals surface area contributed by atoms with Crippen LogP contribution in [0.25, 0.3) is 0 Å². The normalized spacial score (nSPS) is 11.7. The van der Waals surface area contributed by atoms with Gasteiger partial charge in [-0.3, -0.25) is 0 Å². The van der Waals surface area contributed by atoms with Gasteiger partial charge in [0.1, 0.15) is 0 Å². The van der Waals surface area contributed by atoms with Crippen LogP contribution in [0, 0.1) is 7.11 Å². The maximum Gasteiger partial charge on any atom is 0.446 e. The van der Waals surface area contributed by atoms with Crippen LogP contribution in [0.1, 0.15) is 5.56 Å². The van der Waals surface area contributed by atoms with Crippen molar-refractivity contribution in [3.8, 4) is 0 Å². The van der Waals surface area contributed by atoms with Crippen molar-refractivity contribution < 1.29 is 17.9 Å². The van der Waals surface area contributed by atoms with Crippen molar-refractivity contribution in [3.63, 3.8) is 0 Å². The standard InChI is InChI=1S/C9H8F3OS/c1-13-6-7-3-2-4-8(5-7)14-9(10,11)12/h2-5H,1,6H2. The lowest BCUT2D eigenvalue weighted by atomic mass is 10.2. The fraction of sp³-hybridized carbons (Fsp3) is 0.222. The van der Waals surface area contributed by atoms with Gasteiger partial charge in [0, 0.05) is 4.90 Å². The Morgan fingerprint density at radius 3 is 2.64 bits per heavy atom. The molecule has 1 aromatic rings. The molecule has 1 rings (SSSR count). The summed E-state index contributed by atoms with van der Waals surface area (Å²) >= 11 is -0.135. The average Bonchev–Trinajstić information content (AvgIpc) is 2.02. The molecule has 1 radical (unpaired) electrons. The van der Waals surface area contributed by atoms with Crippen molar-refractivity contribution in [2.75, 3.05) is 0 Å². The van der Waals surface area contributed by atoms with Crippen molar-refractivity contribution in [2.45, 2.75) is 17.0 Å². The molecule has 0 saturated heterocycles. The summed E-state index contributed by atoms with van der Waals surface area (Å²) in [7, 11) is 3.16. The molecular formula is C9H8F3OS. The van der Waals surface area contributed by atoms with Crippen LogP contribution in [0.15, 0.2) is 29.2 Å². The lowest BCUT2D eigenvalue weighted by molar-refractivity contribution is -0.0328. The van der Waals surface area contributed by atoms with Crippen LogP contribution in [0.5, 0.6) is 0 Å². The summed E-state index contributed by atoms with van der Waals surface area (Å²) in [4.78, 5) is 0.159. The van der Waals surface area contributed by atoms with E-state index in [9.17, 15) is 13.2 Å². The maximum atomic E-state index is 12.0. The molecular weight excluding hydrogens is 213 g/mol. The van der Waals surface area contributed by atoms with Crippen LogP contribution in [0.3, 0.4) is 0 Å². The molecule has 1 aromatic carbocycles. The van der Waals surface area contributed by atoms with E-state index in [2.05, 4.69) is 11.8 Å². The number of hydrogen-bond donors (Lipinski definition) is 0. The molecule has 0 bridgehead atoms. The van der Waals surface area contributed by atoms with Crippen molar-refractivity contribution in [1.82, 2.24) is 0 Å². The molecule has 0 atom stereocenters. The number of rotatable bonds is 3. The third kappa shape index (κ3) is 4.02. The van der Waals surface area contributed by atoms with E-state index in [-0.39, 0.29) is 23.3 Å². The minimum Gasteiger partial charge on any atom is -0.374 e. The fourth-order valence-electron chi connectivity index (χ4n) is 0.950. The first-order valence-corrected chi connectivity index (χ1v) is 4.54. The molecule has 0 unspecified atom stereocenters. The lowest BCUT2D eigenvalue weighted by Crippen LogP contribution is -1.99. The van der Waals surface area contributed by atoms with Gasteiger partial charge >= 0.3 is 5.51 Å². The van der Waals surface area contributed by atoms with E-state index in [1.54, 1.807) is 12.1 Å². The molecule has 77 valence electrons. The Morgan fingerprint density at radius 1 is 1.36 bits per heavy atom. The minimum atomic E-state index is -4.25. The fourth-order valence-corrected chi connectivity index (χ4v) is 1.57. The monoisotopic (exact) mass is 221 g/mol. The Hall–Kier alpha value is -0.680. The molecule has 5 heteroatoms. The highest BCUT2D eigenvalue weighted by molar-refractivity contribution is 8.00. The van der Waals surface area contributed by atoms with E-state index in [1.807, 2.05) is 0 Å². The first-order chi connectivity index (χ1) is 6.51. The van der Waals surface area contributed by atoms with Crippen molar-refractivity contribution >= 4 is 11.8 Å². The molecule has 1 nitrogen and oxygen atoms in total. The highest BCUT2D eigenvalue weighted by Gasteiger charge is 2.29. The zero-order valence-electron chi connectivity index (χ0n) is 7.17. The van der Waals surface area contributed by atoms with Gasteiger partial charge in [-0.25, -0.2) is 0 Å². The molecule has 0 amide bonds. The van der Waals surface area contributed by atoms with E-state index in [0.717, 1.165) is 0 Å². The average molecular weight is 221 g/mol. The zero-order valence-corrected chi connectivity index (χ0v) is 7.99. The summed E-state index contributed by atoms with van der Waals surface area (Å²) in [5.74, 6) is 0. The first-order valence-electron chi connectivity index (χ1n) is 3.73. The van der Waals surface area contributed by atoms with Gasteiger partial charge in [0.25, 0.3) is 0 Å². The first kappa shape index (κ1) is 11.4. The number of thioether (sulfide) groups is 1.